The molecule has 0 saturated heterocycles. The van der Waals surface area contributed by atoms with Crippen LogP contribution in [0.3, 0.4) is 0 Å². The van der Waals surface area contributed by atoms with E-state index in [2.05, 4.69) is 48.5 Å². The van der Waals surface area contributed by atoms with Gasteiger partial charge in [0, 0.05) is 24.2 Å². The maximum Gasteiger partial charge on any atom is 0.261 e. The van der Waals surface area contributed by atoms with E-state index < -0.39 is 17.3 Å². The number of hydrogen-bond acceptors (Lipinski definition) is 4. The van der Waals surface area contributed by atoms with E-state index in [9.17, 15) is 19.7 Å². The molecule has 5 nitrogen and oxygen atoms in total. The predicted octanol–water partition coefficient (Wildman–Crippen LogP) is 4.46. The Morgan fingerprint density at radius 2 is 1.25 bits per heavy atom. The first-order valence-electron chi connectivity index (χ1n) is 8.12. The van der Waals surface area contributed by atoms with Gasteiger partial charge in [-0.3, -0.25) is 19.7 Å². The van der Waals surface area contributed by atoms with Gasteiger partial charge in [-0.2, -0.15) is 0 Å². The summed E-state index contributed by atoms with van der Waals surface area (Å²) >= 11 is 0. The van der Waals surface area contributed by atoms with Crippen molar-refractivity contribution >= 4 is 22.3 Å². The molecule has 2 aromatic rings. The number of hydrogen-bond donors (Lipinski definition) is 0. The number of ketones is 2. The Hall–Kier alpha value is -2.56. The highest BCUT2D eigenvalue weighted by atomic mass is 16.6. The minimum Gasteiger partial charge on any atom is -0.300 e. The minimum atomic E-state index is -0.682. The molecule has 0 unspecified atom stereocenters. The maximum absolute atomic E-state index is 10.7. The molecule has 0 fully saturated rings. The van der Waals surface area contributed by atoms with Crippen LogP contribution in [0, 0.1) is 10.1 Å². The van der Waals surface area contributed by atoms with E-state index in [1.54, 1.807) is 6.92 Å². The fraction of sp³-hybridized carbons (Fsp3) is 0.368. The number of nitro groups is 1. The molecule has 0 atom stereocenters. The summed E-state index contributed by atoms with van der Waals surface area (Å²) in [7, 11) is 0. The van der Waals surface area contributed by atoms with Crippen LogP contribution in [0.15, 0.2) is 48.5 Å². The second-order valence-corrected chi connectivity index (χ2v) is 4.77. The first-order chi connectivity index (χ1) is 11.5. The van der Waals surface area contributed by atoms with Crippen LogP contribution < -0.4 is 0 Å². The molecule has 24 heavy (non-hydrogen) atoms. The van der Waals surface area contributed by atoms with E-state index >= 15 is 0 Å². The molecule has 0 aliphatic carbocycles. The van der Waals surface area contributed by atoms with Crippen molar-refractivity contribution in [1.29, 1.82) is 0 Å². The van der Waals surface area contributed by atoms with Gasteiger partial charge in [0.2, 0.25) is 5.78 Å². The highest BCUT2D eigenvalue weighted by molar-refractivity contribution is 5.86. The van der Waals surface area contributed by atoms with Gasteiger partial charge >= 0.3 is 0 Å². The molecule has 0 N–H and O–H groups in total. The van der Waals surface area contributed by atoms with E-state index in [0.717, 1.165) is 0 Å². The van der Waals surface area contributed by atoms with Gasteiger partial charge < -0.3 is 0 Å². The Kier molecular flexibility index (Phi) is 11.6. The van der Waals surface area contributed by atoms with Gasteiger partial charge in [-0.15, -0.1) is 0 Å². The number of Topliss-reactive ketones (excluding diaryl/α,β-unsaturated/α-hetero) is 2. The van der Waals surface area contributed by atoms with Crippen LogP contribution in [0.2, 0.25) is 0 Å². The van der Waals surface area contributed by atoms with Crippen molar-refractivity contribution in [2.45, 2.75) is 40.0 Å². The average molecular weight is 331 g/mol. The van der Waals surface area contributed by atoms with Crippen LogP contribution in [0.5, 0.6) is 0 Å². The van der Waals surface area contributed by atoms with Crippen molar-refractivity contribution in [3.63, 3.8) is 0 Å². The minimum absolute atomic E-state index is 0.00630. The Balaban J connectivity index is 0.000000402. The Labute approximate surface area is 142 Å². The van der Waals surface area contributed by atoms with Gasteiger partial charge in [0.05, 0.1) is 0 Å². The number of carbonyl (C=O) groups is 2. The zero-order valence-corrected chi connectivity index (χ0v) is 14.5. The van der Waals surface area contributed by atoms with Gasteiger partial charge in [-0.05, 0) is 10.8 Å². The van der Waals surface area contributed by atoms with Crippen LogP contribution in [-0.2, 0) is 9.59 Å². The molecule has 0 heterocycles. The first-order valence-corrected chi connectivity index (χ1v) is 8.12. The lowest BCUT2D eigenvalue weighted by molar-refractivity contribution is -0.467. The zero-order chi connectivity index (χ0) is 18.4. The fourth-order valence-corrected chi connectivity index (χ4v) is 1.81. The van der Waals surface area contributed by atoms with Gasteiger partial charge in [-0.25, -0.2) is 0 Å². The van der Waals surface area contributed by atoms with Gasteiger partial charge in [0.15, 0.2) is 0 Å². The molecular formula is C19H25NO4. The third-order valence-corrected chi connectivity index (χ3v) is 3.04. The first kappa shape index (κ1) is 21.4. The Morgan fingerprint density at radius 1 is 0.875 bits per heavy atom. The molecule has 0 bridgehead atoms. The smallest absolute Gasteiger partial charge is 0.261 e. The van der Waals surface area contributed by atoms with E-state index in [1.165, 1.54) is 10.8 Å². The second-order valence-electron chi connectivity index (χ2n) is 4.77. The molecule has 0 radical (unpaired) electrons. The molecule has 0 aromatic heterocycles. The summed E-state index contributed by atoms with van der Waals surface area (Å²) in [6.07, 6.45) is 0.503. The average Bonchev–Trinajstić information content (AvgIpc) is 2.61. The Morgan fingerprint density at radius 3 is 1.58 bits per heavy atom. The van der Waals surface area contributed by atoms with Crippen molar-refractivity contribution in [1.82, 2.24) is 0 Å². The SMILES string of the molecule is CC.CCC(=O)CCC(=O)C[N+](=O)[O-].c1ccc2ccccc2c1. The monoisotopic (exact) mass is 331 g/mol. The predicted molar refractivity (Wildman–Crippen MR) is 96.7 cm³/mol. The summed E-state index contributed by atoms with van der Waals surface area (Å²) in [5.41, 5.74) is 0. The molecule has 130 valence electrons. The fourth-order valence-electron chi connectivity index (χ4n) is 1.81. The van der Waals surface area contributed by atoms with E-state index in [4.69, 9.17) is 0 Å². The van der Waals surface area contributed by atoms with Crippen LogP contribution in [0.1, 0.15) is 40.0 Å². The van der Waals surface area contributed by atoms with E-state index in [1.807, 2.05) is 13.8 Å². The van der Waals surface area contributed by atoms with Crippen molar-refractivity contribution in [2.75, 3.05) is 6.54 Å². The van der Waals surface area contributed by atoms with E-state index in [0.29, 0.717) is 6.42 Å². The molecule has 5 heteroatoms. The van der Waals surface area contributed by atoms with Crippen molar-refractivity contribution in [3.8, 4) is 0 Å². The normalized spacial score (nSPS) is 9.12. The summed E-state index contributed by atoms with van der Waals surface area (Å²) in [6.45, 7) is 5.03. The summed E-state index contributed by atoms with van der Waals surface area (Å²) in [5, 5.41) is 12.4. The standard InChI is InChI=1S/C10H8.C7H11NO4.C2H6/c1-2-6-10-8-4-3-7-9(10)5-1;1-2-6(9)3-4-7(10)5-8(11)12;1-2/h1-8H;2-5H2,1H3;1-2H3. The van der Waals surface area contributed by atoms with Crippen LogP contribution >= 0.6 is 0 Å². The number of benzene rings is 2. The van der Waals surface area contributed by atoms with Gasteiger partial charge in [0.1, 0.15) is 5.78 Å². The summed E-state index contributed by atoms with van der Waals surface area (Å²) in [4.78, 5) is 30.5. The maximum atomic E-state index is 10.7. The van der Waals surface area contributed by atoms with Crippen molar-refractivity contribution < 1.29 is 14.5 Å². The third kappa shape index (κ3) is 9.46. The molecule has 0 saturated carbocycles. The molecule has 0 aliphatic rings. The number of nitrogens with zero attached hydrogens (tertiary/aromatic N) is 1. The molecule has 2 rings (SSSR count). The summed E-state index contributed by atoms with van der Waals surface area (Å²) in [5.74, 6) is -0.520. The van der Waals surface area contributed by atoms with Crippen LogP contribution in [0.25, 0.3) is 10.8 Å². The number of rotatable bonds is 6. The third-order valence-electron chi connectivity index (χ3n) is 3.04. The molecule has 0 aliphatic heterocycles. The summed E-state index contributed by atoms with van der Waals surface area (Å²) in [6, 6.07) is 16.7. The van der Waals surface area contributed by atoms with Gasteiger partial charge in [-0.1, -0.05) is 69.3 Å². The topological polar surface area (TPSA) is 77.3 Å². The quantitative estimate of drug-likeness (QED) is 0.578. The molecule has 2 aromatic carbocycles. The van der Waals surface area contributed by atoms with Crippen LogP contribution in [0.4, 0.5) is 0 Å². The highest BCUT2D eigenvalue weighted by Gasteiger charge is 2.10. The largest absolute Gasteiger partial charge is 0.300 e. The second kappa shape index (κ2) is 12.9. The van der Waals surface area contributed by atoms with Crippen molar-refractivity contribution in [3.05, 3.63) is 58.6 Å². The number of carbonyl (C=O) groups excluding carboxylic acids is 2. The molecular weight excluding hydrogens is 306 g/mol. The lowest BCUT2D eigenvalue weighted by Gasteiger charge is -1.94. The Bertz CT molecular complexity index is 587. The zero-order valence-electron chi connectivity index (χ0n) is 14.5. The number of fused-ring (bicyclic) bond motifs is 1. The summed E-state index contributed by atoms with van der Waals surface area (Å²) < 4.78 is 0. The lowest BCUT2D eigenvalue weighted by Crippen LogP contribution is -2.14. The van der Waals surface area contributed by atoms with Crippen LogP contribution in [-0.4, -0.2) is 23.0 Å². The van der Waals surface area contributed by atoms with Crippen molar-refractivity contribution in [2.24, 2.45) is 0 Å². The molecule has 0 amide bonds. The van der Waals surface area contributed by atoms with Gasteiger partial charge in [0.25, 0.3) is 6.54 Å². The lowest BCUT2D eigenvalue weighted by atomic mass is 10.1. The highest BCUT2D eigenvalue weighted by Crippen LogP contribution is 2.11. The van der Waals surface area contributed by atoms with E-state index in [-0.39, 0.29) is 18.6 Å². The molecule has 0 spiro atoms.